The van der Waals surface area contributed by atoms with Gasteiger partial charge in [0.05, 0.1) is 11.3 Å². The van der Waals surface area contributed by atoms with Crippen molar-refractivity contribution in [1.29, 1.82) is 0 Å². The highest BCUT2D eigenvalue weighted by molar-refractivity contribution is 5.87. The molecule has 0 saturated carbocycles. The van der Waals surface area contributed by atoms with E-state index in [4.69, 9.17) is 5.11 Å². The minimum absolute atomic E-state index is 0.0504. The van der Waals surface area contributed by atoms with Gasteiger partial charge in [-0.3, -0.25) is 9.20 Å². The first-order valence-electron chi connectivity index (χ1n) is 7.88. The number of aromatic nitrogens is 2. The number of nitrogens with zero attached hydrogens (tertiary/aromatic N) is 2. The number of carbonyl (C=O) groups is 1. The van der Waals surface area contributed by atoms with Gasteiger partial charge in [-0.1, -0.05) is 29.8 Å². The fourth-order valence-corrected chi connectivity index (χ4v) is 2.64. The van der Waals surface area contributed by atoms with Gasteiger partial charge in [-0.2, -0.15) is 0 Å². The third-order valence-electron chi connectivity index (χ3n) is 4.19. The first kappa shape index (κ1) is 16.6. The first-order valence-corrected chi connectivity index (χ1v) is 7.88. The molecule has 0 aliphatic heterocycles. The quantitative estimate of drug-likeness (QED) is 0.796. The van der Waals surface area contributed by atoms with E-state index in [1.165, 1.54) is 16.7 Å². The number of fused-ring (bicyclic) bond motifs is 1. The SMILES string of the molecule is Cc1ccc(C)c(/C=C/c2nc3ccc(C(=O)O)cn3c(=O)c2C)c1. The summed E-state index contributed by atoms with van der Waals surface area (Å²) in [5, 5.41) is 9.07. The van der Waals surface area contributed by atoms with Crippen LogP contribution in [0.5, 0.6) is 0 Å². The average molecular weight is 334 g/mol. The van der Waals surface area contributed by atoms with E-state index >= 15 is 0 Å². The number of carboxylic acid groups (broad SMARTS) is 1. The van der Waals surface area contributed by atoms with Gasteiger partial charge >= 0.3 is 5.97 Å². The maximum Gasteiger partial charge on any atom is 0.337 e. The molecule has 25 heavy (non-hydrogen) atoms. The summed E-state index contributed by atoms with van der Waals surface area (Å²) in [4.78, 5) is 28.1. The van der Waals surface area contributed by atoms with E-state index in [-0.39, 0.29) is 11.1 Å². The zero-order valence-corrected chi connectivity index (χ0v) is 14.3. The summed E-state index contributed by atoms with van der Waals surface area (Å²) in [5.74, 6) is -1.08. The lowest BCUT2D eigenvalue weighted by Gasteiger charge is -2.06. The summed E-state index contributed by atoms with van der Waals surface area (Å²) in [6.07, 6.45) is 5.07. The minimum Gasteiger partial charge on any atom is -0.478 e. The number of aryl methyl sites for hydroxylation is 2. The van der Waals surface area contributed by atoms with Crippen LogP contribution < -0.4 is 5.56 Å². The zero-order chi connectivity index (χ0) is 18.1. The number of aromatic carboxylic acids is 1. The second kappa shape index (κ2) is 6.36. The highest BCUT2D eigenvalue weighted by Gasteiger charge is 2.10. The zero-order valence-electron chi connectivity index (χ0n) is 14.3. The van der Waals surface area contributed by atoms with Crippen molar-refractivity contribution in [2.75, 3.05) is 0 Å². The van der Waals surface area contributed by atoms with Crippen molar-refractivity contribution in [3.63, 3.8) is 0 Å². The highest BCUT2D eigenvalue weighted by atomic mass is 16.4. The molecule has 3 rings (SSSR count). The van der Waals surface area contributed by atoms with E-state index in [0.29, 0.717) is 16.9 Å². The van der Waals surface area contributed by atoms with Gasteiger partial charge < -0.3 is 5.11 Å². The largest absolute Gasteiger partial charge is 0.478 e. The predicted molar refractivity (Wildman–Crippen MR) is 98.0 cm³/mol. The van der Waals surface area contributed by atoms with Crippen LogP contribution in [0.3, 0.4) is 0 Å². The summed E-state index contributed by atoms with van der Waals surface area (Å²) in [7, 11) is 0. The molecule has 0 unspecified atom stereocenters. The van der Waals surface area contributed by atoms with Crippen LogP contribution in [0, 0.1) is 20.8 Å². The van der Waals surface area contributed by atoms with E-state index < -0.39 is 5.97 Å². The third kappa shape index (κ3) is 3.21. The molecule has 0 spiro atoms. The van der Waals surface area contributed by atoms with Crippen molar-refractivity contribution in [2.24, 2.45) is 0 Å². The van der Waals surface area contributed by atoms with Crippen molar-refractivity contribution in [3.8, 4) is 0 Å². The maximum atomic E-state index is 12.6. The number of hydrogen-bond acceptors (Lipinski definition) is 3. The number of carboxylic acids is 1. The lowest BCUT2D eigenvalue weighted by Crippen LogP contribution is -2.20. The van der Waals surface area contributed by atoms with Crippen molar-refractivity contribution in [3.05, 3.63) is 80.4 Å². The molecule has 2 aromatic heterocycles. The molecule has 0 atom stereocenters. The van der Waals surface area contributed by atoms with Gasteiger partial charge in [0.15, 0.2) is 0 Å². The molecular weight excluding hydrogens is 316 g/mol. The van der Waals surface area contributed by atoms with E-state index in [9.17, 15) is 9.59 Å². The van der Waals surface area contributed by atoms with Crippen molar-refractivity contribution in [1.82, 2.24) is 9.38 Å². The van der Waals surface area contributed by atoms with Crippen LogP contribution >= 0.6 is 0 Å². The topological polar surface area (TPSA) is 71.7 Å². The molecule has 2 heterocycles. The van der Waals surface area contributed by atoms with E-state index in [1.54, 1.807) is 13.0 Å². The van der Waals surface area contributed by atoms with Crippen LogP contribution in [0.2, 0.25) is 0 Å². The first-order chi connectivity index (χ1) is 11.9. The van der Waals surface area contributed by atoms with Crippen molar-refractivity contribution >= 4 is 23.8 Å². The molecule has 0 saturated heterocycles. The minimum atomic E-state index is -1.08. The van der Waals surface area contributed by atoms with Gasteiger partial charge in [-0.05, 0) is 50.1 Å². The van der Waals surface area contributed by atoms with Gasteiger partial charge in [-0.25, -0.2) is 9.78 Å². The second-order valence-corrected chi connectivity index (χ2v) is 6.07. The normalized spacial score (nSPS) is 11.3. The molecule has 1 aromatic carbocycles. The Kier molecular flexibility index (Phi) is 4.23. The third-order valence-corrected chi connectivity index (χ3v) is 4.19. The van der Waals surface area contributed by atoms with Crippen molar-refractivity contribution in [2.45, 2.75) is 20.8 Å². The molecule has 0 aliphatic rings. The Morgan fingerprint density at radius 2 is 1.88 bits per heavy atom. The van der Waals surface area contributed by atoms with Gasteiger partial charge in [0.1, 0.15) is 5.65 Å². The summed E-state index contributed by atoms with van der Waals surface area (Å²) < 4.78 is 1.27. The van der Waals surface area contributed by atoms with Crippen LogP contribution in [0.25, 0.3) is 17.8 Å². The lowest BCUT2D eigenvalue weighted by molar-refractivity contribution is 0.0696. The Hall–Kier alpha value is -3.21. The summed E-state index contributed by atoms with van der Waals surface area (Å²) in [6, 6.07) is 9.17. The van der Waals surface area contributed by atoms with Gasteiger partial charge in [0.25, 0.3) is 5.56 Å². The Balaban J connectivity index is 2.11. The summed E-state index contributed by atoms with van der Waals surface area (Å²) in [6.45, 7) is 5.75. The van der Waals surface area contributed by atoms with Crippen LogP contribution in [0.4, 0.5) is 0 Å². The number of pyridine rings is 1. The predicted octanol–water partition coefficient (Wildman–Crippen LogP) is 3.49. The van der Waals surface area contributed by atoms with Gasteiger partial charge in [0, 0.05) is 11.8 Å². The Bertz CT molecular complexity index is 1080. The molecule has 126 valence electrons. The highest BCUT2D eigenvalue weighted by Crippen LogP contribution is 2.15. The number of benzene rings is 1. The number of rotatable bonds is 3. The molecule has 0 fully saturated rings. The fourth-order valence-electron chi connectivity index (χ4n) is 2.64. The van der Waals surface area contributed by atoms with Crippen LogP contribution in [0.1, 0.15) is 38.3 Å². The molecule has 3 aromatic rings. The van der Waals surface area contributed by atoms with E-state index in [0.717, 1.165) is 16.7 Å². The average Bonchev–Trinajstić information content (AvgIpc) is 2.59. The maximum absolute atomic E-state index is 12.6. The Morgan fingerprint density at radius 1 is 1.12 bits per heavy atom. The molecule has 0 aliphatic carbocycles. The lowest BCUT2D eigenvalue weighted by atomic mass is 10.0. The summed E-state index contributed by atoms with van der Waals surface area (Å²) >= 11 is 0. The second-order valence-electron chi connectivity index (χ2n) is 6.07. The molecule has 5 nitrogen and oxygen atoms in total. The van der Waals surface area contributed by atoms with E-state index in [2.05, 4.69) is 23.2 Å². The smallest absolute Gasteiger partial charge is 0.337 e. The fraction of sp³-hybridized carbons (Fsp3) is 0.150. The summed E-state index contributed by atoms with van der Waals surface area (Å²) in [5.41, 5.74) is 4.63. The van der Waals surface area contributed by atoms with Crippen molar-refractivity contribution < 1.29 is 9.90 Å². The van der Waals surface area contributed by atoms with Crippen LogP contribution in [-0.4, -0.2) is 20.5 Å². The molecule has 0 bridgehead atoms. The number of hydrogen-bond donors (Lipinski definition) is 1. The van der Waals surface area contributed by atoms with Crippen LogP contribution in [-0.2, 0) is 0 Å². The van der Waals surface area contributed by atoms with E-state index in [1.807, 2.05) is 26.0 Å². The Labute approximate surface area is 144 Å². The van der Waals surface area contributed by atoms with Crippen LogP contribution in [0.15, 0.2) is 41.3 Å². The molecule has 1 N–H and O–H groups in total. The molecule has 0 radical (unpaired) electrons. The Morgan fingerprint density at radius 3 is 2.60 bits per heavy atom. The molecular formula is C20H18N2O3. The monoisotopic (exact) mass is 334 g/mol. The standard InChI is InChI=1S/C20H18N2O3/c1-12-4-5-13(2)15(10-12)6-8-17-14(3)19(23)22-11-16(20(24)25)7-9-18(22)21-17/h4-11H,1-3H3,(H,24,25)/b8-6+. The molecule has 0 amide bonds. The molecule has 5 heteroatoms. The van der Waals surface area contributed by atoms with Gasteiger partial charge in [-0.15, -0.1) is 0 Å². The van der Waals surface area contributed by atoms with Gasteiger partial charge in [0.2, 0.25) is 0 Å².